The van der Waals surface area contributed by atoms with Crippen LogP contribution in [0.5, 0.6) is 0 Å². The van der Waals surface area contributed by atoms with E-state index in [9.17, 15) is 0 Å². The lowest BCUT2D eigenvalue weighted by Crippen LogP contribution is -2.36. The summed E-state index contributed by atoms with van der Waals surface area (Å²) in [5, 5.41) is 3.44. The van der Waals surface area contributed by atoms with Crippen LogP contribution in [0.2, 0.25) is 0 Å². The molecule has 2 unspecified atom stereocenters. The summed E-state index contributed by atoms with van der Waals surface area (Å²) >= 11 is 0. The van der Waals surface area contributed by atoms with Gasteiger partial charge in [-0.2, -0.15) is 0 Å². The lowest BCUT2D eigenvalue weighted by atomic mass is 10.1. The quantitative estimate of drug-likeness (QED) is 0.801. The molecular weight excluding hydrogens is 186 g/mol. The molecule has 0 saturated heterocycles. The molecule has 84 valence electrons. The van der Waals surface area contributed by atoms with Gasteiger partial charge in [0.2, 0.25) is 0 Å². The Hall–Kier alpha value is -0.860. The fraction of sp³-hybridized carbons (Fsp3) is 0.538. The molecule has 0 aromatic heterocycles. The Bertz CT molecular complexity index is 281. The third kappa shape index (κ3) is 4.02. The summed E-state index contributed by atoms with van der Waals surface area (Å²) in [5.41, 5.74) is 2.62. The Morgan fingerprint density at radius 3 is 2.33 bits per heavy atom. The van der Waals surface area contributed by atoms with Crippen LogP contribution in [0.1, 0.15) is 25.0 Å². The van der Waals surface area contributed by atoms with E-state index in [1.807, 2.05) is 0 Å². The summed E-state index contributed by atoms with van der Waals surface area (Å²) in [6.45, 7) is 7.22. The highest BCUT2D eigenvalue weighted by molar-refractivity contribution is 5.21. The molecule has 0 aliphatic heterocycles. The molecule has 1 N–H and O–H groups in total. The highest BCUT2D eigenvalue weighted by Crippen LogP contribution is 2.04. The molecule has 1 aromatic carbocycles. The second-order valence-electron chi connectivity index (χ2n) is 4.10. The lowest BCUT2D eigenvalue weighted by Gasteiger charge is -2.19. The zero-order chi connectivity index (χ0) is 11.3. The van der Waals surface area contributed by atoms with Gasteiger partial charge >= 0.3 is 0 Å². The number of aryl methyl sites for hydroxylation is 1. The molecule has 0 aliphatic rings. The van der Waals surface area contributed by atoms with Crippen molar-refractivity contribution in [2.24, 2.45) is 0 Å². The van der Waals surface area contributed by atoms with E-state index in [0.717, 1.165) is 6.54 Å². The van der Waals surface area contributed by atoms with Gasteiger partial charge < -0.3 is 10.1 Å². The Kier molecular flexibility index (Phi) is 4.79. The van der Waals surface area contributed by atoms with Gasteiger partial charge in [0.15, 0.2) is 0 Å². The van der Waals surface area contributed by atoms with Crippen molar-refractivity contribution in [1.82, 2.24) is 5.32 Å². The smallest absolute Gasteiger partial charge is 0.0693 e. The van der Waals surface area contributed by atoms with Gasteiger partial charge in [0.25, 0.3) is 0 Å². The van der Waals surface area contributed by atoms with Crippen LogP contribution in [-0.4, -0.2) is 19.3 Å². The summed E-state index contributed by atoms with van der Waals surface area (Å²) in [6, 6.07) is 8.97. The average Bonchev–Trinajstić information content (AvgIpc) is 2.26. The van der Waals surface area contributed by atoms with Gasteiger partial charge in [-0.3, -0.25) is 0 Å². The average molecular weight is 207 g/mol. The second kappa shape index (κ2) is 5.89. The standard InChI is InChI=1S/C13H21NO/c1-10-5-7-13(8-6-10)9-14-11(2)12(3)15-4/h5-8,11-12,14H,9H2,1-4H3. The topological polar surface area (TPSA) is 21.3 Å². The van der Waals surface area contributed by atoms with Crippen LogP contribution in [-0.2, 0) is 11.3 Å². The number of benzene rings is 1. The molecule has 0 bridgehead atoms. The number of rotatable bonds is 5. The molecule has 15 heavy (non-hydrogen) atoms. The minimum Gasteiger partial charge on any atom is -0.380 e. The molecule has 1 aromatic rings. The van der Waals surface area contributed by atoms with Crippen LogP contribution in [0.4, 0.5) is 0 Å². The Morgan fingerprint density at radius 1 is 1.20 bits per heavy atom. The zero-order valence-electron chi connectivity index (χ0n) is 10.1. The monoisotopic (exact) mass is 207 g/mol. The molecule has 2 atom stereocenters. The third-order valence-electron chi connectivity index (χ3n) is 2.82. The molecule has 1 rings (SSSR count). The van der Waals surface area contributed by atoms with Crippen molar-refractivity contribution in [3.05, 3.63) is 35.4 Å². The van der Waals surface area contributed by atoms with E-state index in [-0.39, 0.29) is 6.10 Å². The van der Waals surface area contributed by atoms with Crippen molar-refractivity contribution in [2.45, 2.75) is 39.5 Å². The maximum atomic E-state index is 5.26. The van der Waals surface area contributed by atoms with E-state index in [1.54, 1.807) is 7.11 Å². The van der Waals surface area contributed by atoms with E-state index < -0.39 is 0 Å². The number of hydrogen-bond acceptors (Lipinski definition) is 2. The van der Waals surface area contributed by atoms with E-state index in [0.29, 0.717) is 6.04 Å². The van der Waals surface area contributed by atoms with Crippen molar-refractivity contribution in [1.29, 1.82) is 0 Å². The molecule has 0 spiro atoms. The summed E-state index contributed by atoms with van der Waals surface area (Å²) in [6.07, 6.45) is 0.246. The van der Waals surface area contributed by atoms with E-state index in [1.165, 1.54) is 11.1 Å². The molecule has 2 nitrogen and oxygen atoms in total. The first-order valence-corrected chi connectivity index (χ1v) is 5.45. The van der Waals surface area contributed by atoms with Crippen molar-refractivity contribution in [2.75, 3.05) is 7.11 Å². The first-order valence-electron chi connectivity index (χ1n) is 5.45. The van der Waals surface area contributed by atoms with Crippen LogP contribution in [0.25, 0.3) is 0 Å². The summed E-state index contributed by atoms with van der Waals surface area (Å²) < 4.78 is 5.26. The fourth-order valence-corrected chi connectivity index (χ4v) is 1.35. The van der Waals surface area contributed by atoms with Crippen molar-refractivity contribution >= 4 is 0 Å². The number of hydrogen-bond donors (Lipinski definition) is 1. The summed E-state index contributed by atoms with van der Waals surface area (Å²) in [5.74, 6) is 0. The van der Waals surface area contributed by atoms with Crippen LogP contribution < -0.4 is 5.32 Å². The summed E-state index contributed by atoms with van der Waals surface area (Å²) in [7, 11) is 1.74. The maximum absolute atomic E-state index is 5.26. The van der Waals surface area contributed by atoms with Crippen LogP contribution in [0.15, 0.2) is 24.3 Å². The predicted octanol–water partition coefficient (Wildman–Crippen LogP) is 2.51. The third-order valence-corrected chi connectivity index (χ3v) is 2.82. The molecule has 0 saturated carbocycles. The minimum atomic E-state index is 0.246. The molecule has 0 amide bonds. The molecule has 0 aliphatic carbocycles. The number of nitrogens with one attached hydrogen (secondary N) is 1. The first kappa shape index (κ1) is 12.2. The van der Waals surface area contributed by atoms with Gasteiger partial charge in [-0.15, -0.1) is 0 Å². The van der Waals surface area contributed by atoms with E-state index in [4.69, 9.17) is 4.74 Å². The Labute approximate surface area is 92.6 Å². The van der Waals surface area contributed by atoms with Gasteiger partial charge in [0, 0.05) is 19.7 Å². The molecule has 0 heterocycles. The fourth-order valence-electron chi connectivity index (χ4n) is 1.35. The largest absolute Gasteiger partial charge is 0.380 e. The second-order valence-corrected chi connectivity index (χ2v) is 4.10. The van der Waals surface area contributed by atoms with Crippen molar-refractivity contribution in [3.63, 3.8) is 0 Å². The Morgan fingerprint density at radius 2 is 1.80 bits per heavy atom. The van der Waals surface area contributed by atoms with Crippen molar-refractivity contribution < 1.29 is 4.74 Å². The first-order chi connectivity index (χ1) is 7.13. The number of methoxy groups -OCH3 is 1. The predicted molar refractivity (Wildman–Crippen MR) is 64.0 cm³/mol. The van der Waals surface area contributed by atoms with Crippen LogP contribution in [0.3, 0.4) is 0 Å². The van der Waals surface area contributed by atoms with Gasteiger partial charge in [-0.1, -0.05) is 29.8 Å². The Balaban J connectivity index is 2.40. The normalized spacial score (nSPS) is 14.9. The number of ether oxygens (including phenoxy) is 1. The molecule has 2 heteroatoms. The lowest BCUT2D eigenvalue weighted by molar-refractivity contribution is 0.0882. The van der Waals surface area contributed by atoms with Gasteiger partial charge in [-0.05, 0) is 26.3 Å². The zero-order valence-corrected chi connectivity index (χ0v) is 10.1. The van der Waals surface area contributed by atoms with E-state index >= 15 is 0 Å². The van der Waals surface area contributed by atoms with Crippen LogP contribution in [0, 0.1) is 6.92 Å². The van der Waals surface area contributed by atoms with Crippen LogP contribution >= 0.6 is 0 Å². The van der Waals surface area contributed by atoms with E-state index in [2.05, 4.69) is 50.4 Å². The maximum Gasteiger partial charge on any atom is 0.0693 e. The highest BCUT2D eigenvalue weighted by Gasteiger charge is 2.09. The highest BCUT2D eigenvalue weighted by atomic mass is 16.5. The molecule has 0 radical (unpaired) electrons. The van der Waals surface area contributed by atoms with Gasteiger partial charge in [0.05, 0.1) is 6.10 Å². The molecule has 0 fully saturated rings. The minimum absolute atomic E-state index is 0.246. The SMILES string of the molecule is COC(C)C(C)NCc1ccc(C)cc1. The van der Waals surface area contributed by atoms with Gasteiger partial charge in [0.1, 0.15) is 0 Å². The molecular formula is C13H21NO. The van der Waals surface area contributed by atoms with Crippen molar-refractivity contribution in [3.8, 4) is 0 Å². The summed E-state index contributed by atoms with van der Waals surface area (Å²) in [4.78, 5) is 0. The van der Waals surface area contributed by atoms with Gasteiger partial charge in [-0.25, -0.2) is 0 Å².